The average Bonchev–Trinajstić information content (AvgIpc) is 2.96. The minimum atomic E-state index is 0.333. The molecule has 36 heavy (non-hydrogen) atoms. The maximum atomic E-state index is 9.87. The third kappa shape index (κ3) is 5.98. The van der Waals surface area contributed by atoms with Gasteiger partial charge in [0.25, 0.3) is 0 Å². The van der Waals surface area contributed by atoms with Gasteiger partial charge in [-0.15, -0.1) is 0 Å². The molecular formula is C30H26N4O2. The van der Waals surface area contributed by atoms with Crippen molar-refractivity contribution in [2.24, 2.45) is 20.3 Å². The highest BCUT2D eigenvalue weighted by molar-refractivity contribution is 6.54. The second-order valence-electron chi connectivity index (χ2n) is 7.82. The minimum absolute atomic E-state index is 0.333. The third-order valence-corrected chi connectivity index (χ3v) is 5.48. The van der Waals surface area contributed by atoms with Crippen LogP contribution in [0.25, 0.3) is 0 Å². The van der Waals surface area contributed by atoms with Crippen molar-refractivity contribution in [3.05, 3.63) is 144 Å². The van der Waals surface area contributed by atoms with Crippen LogP contribution < -0.4 is 0 Å². The van der Waals surface area contributed by atoms with Crippen LogP contribution in [-0.4, -0.2) is 46.4 Å². The van der Waals surface area contributed by atoms with Gasteiger partial charge in [-0.3, -0.25) is 9.98 Å². The molecule has 0 heterocycles. The van der Waals surface area contributed by atoms with Crippen LogP contribution in [-0.2, 0) is 0 Å². The van der Waals surface area contributed by atoms with E-state index in [9.17, 15) is 10.4 Å². The van der Waals surface area contributed by atoms with Crippen molar-refractivity contribution in [1.29, 1.82) is 0 Å². The first-order chi connectivity index (χ1) is 17.8. The minimum Gasteiger partial charge on any atom is -0.410 e. The largest absolute Gasteiger partial charge is 0.410 e. The van der Waals surface area contributed by atoms with Gasteiger partial charge in [0.05, 0.1) is 24.5 Å². The van der Waals surface area contributed by atoms with E-state index in [2.05, 4.69) is 10.3 Å². The van der Waals surface area contributed by atoms with Crippen LogP contribution in [0, 0.1) is 0 Å². The maximum absolute atomic E-state index is 9.87. The molecule has 6 nitrogen and oxygen atoms in total. The molecule has 2 N–H and O–H groups in total. The lowest BCUT2D eigenvalue weighted by Crippen LogP contribution is -2.20. The lowest BCUT2D eigenvalue weighted by Gasteiger charge is -2.11. The molecule has 4 aromatic carbocycles. The highest BCUT2D eigenvalue weighted by Crippen LogP contribution is 2.12. The molecule has 0 aliphatic heterocycles. The molecular weight excluding hydrogens is 448 g/mol. The van der Waals surface area contributed by atoms with Crippen molar-refractivity contribution >= 4 is 22.8 Å². The fourth-order valence-electron chi connectivity index (χ4n) is 3.80. The number of hydrogen-bond donors (Lipinski definition) is 2. The Labute approximate surface area is 210 Å². The Hall–Kier alpha value is -4.84. The molecule has 4 aromatic rings. The number of rotatable bonds is 9. The Bertz CT molecular complexity index is 1260. The molecule has 0 saturated carbocycles. The first-order valence-electron chi connectivity index (χ1n) is 11.6. The number of oxime groups is 2. The summed E-state index contributed by atoms with van der Waals surface area (Å²) in [7, 11) is 0. The fraction of sp³-hybridized carbons (Fsp3) is 0.0667. The van der Waals surface area contributed by atoms with Gasteiger partial charge in [0.2, 0.25) is 0 Å². The van der Waals surface area contributed by atoms with Crippen molar-refractivity contribution in [3.8, 4) is 0 Å². The third-order valence-electron chi connectivity index (χ3n) is 5.48. The maximum Gasteiger partial charge on any atom is 0.135 e. The molecule has 0 unspecified atom stereocenters. The van der Waals surface area contributed by atoms with Crippen molar-refractivity contribution in [3.63, 3.8) is 0 Å². The van der Waals surface area contributed by atoms with Crippen molar-refractivity contribution in [2.45, 2.75) is 0 Å². The van der Waals surface area contributed by atoms with Crippen LogP contribution in [0.15, 0.2) is 142 Å². The van der Waals surface area contributed by atoms with E-state index in [1.165, 1.54) is 0 Å². The highest BCUT2D eigenvalue weighted by atomic mass is 16.4. The molecule has 0 radical (unpaired) electrons. The summed E-state index contributed by atoms with van der Waals surface area (Å²) in [5, 5.41) is 26.9. The van der Waals surface area contributed by atoms with Crippen LogP contribution in [0.3, 0.4) is 0 Å². The number of aliphatic imine (C=N–C) groups is 2. The molecule has 0 atom stereocenters. The number of hydrogen-bond acceptors (Lipinski definition) is 6. The van der Waals surface area contributed by atoms with Crippen LogP contribution in [0.2, 0.25) is 0 Å². The summed E-state index contributed by atoms with van der Waals surface area (Å²) in [6, 6.07) is 38.1. The Morgan fingerprint density at radius 1 is 0.389 bits per heavy atom. The molecule has 0 spiro atoms. The molecule has 0 bridgehead atoms. The van der Waals surface area contributed by atoms with E-state index in [0.717, 1.165) is 22.3 Å². The van der Waals surface area contributed by atoms with E-state index >= 15 is 0 Å². The van der Waals surface area contributed by atoms with Crippen molar-refractivity contribution in [2.75, 3.05) is 13.1 Å². The second-order valence-corrected chi connectivity index (χ2v) is 7.82. The molecule has 4 rings (SSSR count). The lowest BCUT2D eigenvalue weighted by molar-refractivity contribution is 0.320. The van der Waals surface area contributed by atoms with Gasteiger partial charge in [0.15, 0.2) is 0 Å². The summed E-state index contributed by atoms with van der Waals surface area (Å²) in [5.74, 6) is 0. The molecule has 0 fully saturated rings. The van der Waals surface area contributed by atoms with Gasteiger partial charge in [-0.05, 0) is 0 Å². The molecule has 0 aliphatic rings. The monoisotopic (exact) mass is 474 g/mol. The summed E-state index contributed by atoms with van der Waals surface area (Å²) in [5.41, 5.74) is 5.10. The second kappa shape index (κ2) is 12.6. The van der Waals surface area contributed by atoms with Gasteiger partial charge in [-0.2, -0.15) is 0 Å². The zero-order valence-corrected chi connectivity index (χ0v) is 19.6. The summed E-state index contributed by atoms with van der Waals surface area (Å²) in [6.07, 6.45) is 0. The predicted molar refractivity (Wildman–Crippen MR) is 145 cm³/mol. The summed E-state index contributed by atoms with van der Waals surface area (Å²) in [4.78, 5) is 9.56. The normalized spacial score (nSPS) is 13.0. The van der Waals surface area contributed by atoms with E-state index in [-0.39, 0.29) is 0 Å². The van der Waals surface area contributed by atoms with Gasteiger partial charge in [-0.25, -0.2) is 0 Å². The Morgan fingerprint density at radius 2 is 0.639 bits per heavy atom. The Kier molecular flexibility index (Phi) is 8.48. The van der Waals surface area contributed by atoms with Crippen LogP contribution in [0.1, 0.15) is 22.3 Å². The zero-order chi connectivity index (χ0) is 25.0. The molecule has 6 heteroatoms. The van der Waals surface area contributed by atoms with E-state index < -0.39 is 0 Å². The predicted octanol–water partition coefficient (Wildman–Crippen LogP) is 5.72. The highest BCUT2D eigenvalue weighted by Gasteiger charge is 2.16. The molecule has 0 saturated heterocycles. The lowest BCUT2D eigenvalue weighted by atomic mass is 9.99. The van der Waals surface area contributed by atoms with E-state index in [1.54, 1.807) is 0 Å². The van der Waals surface area contributed by atoms with Gasteiger partial charge < -0.3 is 10.4 Å². The average molecular weight is 475 g/mol. The number of benzene rings is 4. The SMILES string of the molecule is ON=C(C(=NCCN=C(C(=NO)c1ccccc1)c1ccccc1)c1ccccc1)c1ccccc1. The zero-order valence-electron chi connectivity index (χ0n) is 19.6. The molecule has 0 aromatic heterocycles. The fourth-order valence-corrected chi connectivity index (χ4v) is 3.80. The van der Waals surface area contributed by atoms with Gasteiger partial charge in [0, 0.05) is 22.3 Å². The van der Waals surface area contributed by atoms with Gasteiger partial charge >= 0.3 is 0 Å². The topological polar surface area (TPSA) is 89.9 Å². The molecule has 0 amide bonds. The Balaban J connectivity index is 1.67. The summed E-state index contributed by atoms with van der Waals surface area (Å²) >= 11 is 0. The van der Waals surface area contributed by atoms with Crippen LogP contribution >= 0.6 is 0 Å². The standard InChI is InChI=1S/C30H26N4O2/c35-33-29(25-17-9-3-10-18-25)27(23-13-5-1-6-14-23)31-21-22-32-28(24-15-7-2-8-16-24)30(34-36)26-19-11-4-12-20-26/h1-20,35-36H,21-22H2. The quantitative estimate of drug-likeness (QED) is 0.141. The molecule has 178 valence electrons. The van der Waals surface area contributed by atoms with E-state index in [4.69, 9.17) is 9.98 Å². The van der Waals surface area contributed by atoms with Crippen LogP contribution in [0.5, 0.6) is 0 Å². The van der Waals surface area contributed by atoms with E-state index in [1.807, 2.05) is 121 Å². The van der Waals surface area contributed by atoms with E-state index in [0.29, 0.717) is 35.9 Å². The smallest absolute Gasteiger partial charge is 0.135 e. The van der Waals surface area contributed by atoms with Gasteiger partial charge in [0.1, 0.15) is 11.4 Å². The number of nitrogens with zero attached hydrogens (tertiary/aromatic N) is 4. The summed E-state index contributed by atoms with van der Waals surface area (Å²) in [6.45, 7) is 0.666. The van der Waals surface area contributed by atoms with Gasteiger partial charge in [-0.1, -0.05) is 132 Å². The Morgan fingerprint density at radius 3 is 0.889 bits per heavy atom. The van der Waals surface area contributed by atoms with Crippen molar-refractivity contribution in [1.82, 2.24) is 0 Å². The first-order valence-corrected chi connectivity index (χ1v) is 11.6. The first kappa shape index (κ1) is 24.3. The van der Waals surface area contributed by atoms with Crippen molar-refractivity contribution < 1.29 is 10.4 Å². The molecule has 0 aliphatic carbocycles. The summed E-state index contributed by atoms with van der Waals surface area (Å²) < 4.78 is 0. The van der Waals surface area contributed by atoms with Crippen LogP contribution in [0.4, 0.5) is 0 Å².